The molecule has 0 aliphatic carbocycles. The Labute approximate surface area is 223 Å². The molecule has 0 bridgehead atoms. The average Bonchev–Trinajstić information content (AvgIpc) is 2.87. The molecule has 0 saturated heterocycles. The topological polar surface area (TPSA) is 57.2 Å². The van der Waals surface area contributed by atoms with Gasteiger partial charge in [0.2, 0.25) is 0 Å². The van der Waals surface area contributed by atoms with E-state index in [-0.39, 0.29) is 31.3 Å². The Balaban J connectivity index is 1.76. The third kappa shape index (κ3) is 9.95. The van der Waals surface area contributed by atoms with E-state index in [2.05, 4.69) is 33.9 Å². The molecule has 0 spiro atoms. The van der Waals surface area contributed by atoms with Crippen molar-refractivity contribution in [2.75, 3.05) is 13.1 Å². The van der Waals surface area contributed by atoms with E-state index in [0.29, 0.717) is 6.54 Å². The van der Waals surface area contributed by atoms with Gasteiger partial charge in [-0.15, -0.1) is 0 Å². The van der Waals surface area contributed by atoms with Gasteiger partial charge in [-0.2, -0.15) is 5.06 Å². The summed E-state index contributed by atoms with van der Waals surface area (Å²) in [6, 6.07) is 29.3. The maximum atomic E-state index is 14.1. The van der Waals surface area contributed by atoms with Crippen LogP contribution in [0.5, 0.6) is 0 Å². The van der Waals surface area contributed by atoms with Crippen LogP contribution in [0.3, 0.4) is 0 Å². The van der Waals surface area contributed by atoms with Crippen molar-refractivity contribution in [3.8, 4) is 0 Å². The fourth-order valence-corrected chi connectivity index (χ4v) is 5.47. The van der Waals surface area contributed by atoms with Crippen molar-refractivity contribution < 1.29 is 22.9 Å². The van der Waals surface area contributed by atoms with Crippen LogP contribution in [-0.2, 0) is 42.6 Å². The summed E-state index contributed by atoms with van der Waals surface area (Å²) in [5.41, 5.74) is 2.86. The molecular formula is C29H40NO5PSi. The highest BCUT2D eigenvalue weighted by Gasteiger charge is 2.37. The fourth-order valence-electron chi connectivity index (χ4n) is 3.19. The average molecular weight is 542 g/mol. The van der Waals surface area contributed by atoms with Crippen LogP contribution in [0.25, 0.3) is 0 Å². The summed E-state index contributed by atoms with van der Waals surface area (Å²) < 4.78 is 32.3. The summed E-state index contributed by atoms with van der Waals surface area (Å²) in [6.45, 7) is 11.7. The molecule has 3 rings (SSSR count). The van der Waals surface area contributed by atoms with Gasteiger partial charge in [-0.05, 0) is 34.8 Å². The highest BCUT2D eigenvalue weighted by Crippen LogP contribution is 2.50. The van der Waals surface area contributed by atoms with Crippen molar-refractivity contribution in [2.45, 2.75) is 58.7 Å². The third-order valence-electron chi connectivity index (χ3n) is 6.54. The van der Waals surface area contributed by atoms with Gasteiger partial charge in [0.15, 0.2) is 15.1 Å². The van der Waals surface area contributed by atoms with E-state index in [4.69, 9.17) is 18.3 Å². The first-order valence-electron chi connectivity index (χ1n) is 12.6. The highest BCUT2D eigenvalue weighted by molar-refractivity contribution is 7.53. The molecule has 0 aromatic heterocycles. The van der Waals surface area contributed by atoms with Crippen molar-refractivity contribution in [3.63, 3.8) is 0 Å². The lowest BCUT2D eigenvalue weighted by molar-refractivity contribution is -0.203. The summed E-state index contributed by atoms with van der Waals surface area (Å²) >= 11 is 0. The Morgan fingerprint density at radius 3 is 1.59 bits per heavy atom. The van der Waals surface area contributed by atoms with Crippen molar-refractivity contribution in [1.29, 1.82) is 0 Å². The van der Waals surface area contributed by atoms with E-state index in [1.165, 1.54) is 0 Å². The molecule has 0 aliphatic rings. The number of hydroxylamine groups is 2. The second-order valence-corrected chi connectivity index (χ2v) is 17.4. The van der Waals surface area contributed by atoms with E-state index in [0.717, 1.165) is 16.7 Å². The van der Waals surface area contributed by atoms with Gasteiger partial charge in [-0.3, -0.25) is 9.40 Å². The molecule has 0 amide bonds. The van der Waals surface area contributed by atoms with Crippen LogP contribution in [-0.4, -0.2) is 26.5 Å². The zero-order valence-electron chi connectivity index (χ0n) is 22.6. The number of benzene rings is 3. The number of nitrogens with zero attached hydrogens (tertiary/aromatic N) is 1. The molecular weight excluding hydrogens is 501 g/mol. The monoisotopic (exact) mass is 541 g/mol. The van der Waals surface area contributed by atoms with E-state index in [1.807, 2.05) is 91.0 Å². The van der Waals surface area contributed by atoms with Gasteiger partial charge in [-0.25, -0.2) is 0 Å². The summed E-state index contributed by atoms with van der Waals surface area (Å²) in [6.07, 6.45) is -0.0393. The lowest BCUT2D eigenvalue weighted by Gasteiger charge is -2.36. The van der Waals surface area contributed by atoms with Crippen LogP contribution in [0, 0.1) is 0 Å². The van der Waals surface area contributed by atoms with E-state index in [9.17, 15) is 4.57 Å². The minimum Gasteiger partial charge on any atom is -0.393 e. The van der Waals surface area contributed by atoms with Crippen molar-refractivity contribution in [3.05, 3.63) is 108 Å². The number of rotatable bonds is 14. The predicted molar refractivity (Wildman–Crippen MR) is 151 cm³/mol. The molecule has 0 N–H and O–H groups in total. The molecule has 200 valence electrons. The molecule has 8 heteroatoms. The smallest absolute Gasteiger partial charge is 0.347 e. The van der Waals surface area contributed by atoms with Crippen LogP contribution in [0.4, 0.5) is 0 Å². The van der Waals surface area contributed by atoms with Gasteiger partial charge < -0.3 is 13.5 Å². The molecule has 0 radical (unpaired) electrons. The van der Waals surface area contributed by atoms with E-state index in [1.54, 1.807) is 5.06 Å². The van der Waals surface area contributed by atoms with E-state index >= 15 is 0 Å². The van der Waals surface area contributed by atoms with Crippen molar-refractivity contribution >= 4 is 15.9 Å². The Kier molecular flexibility index (Phi) is 10.9. The van der Waals surface area contributed by atoms with Gasteiger partial charge in [0.1, 0.15) is 6.29 Å². The molecule has 0 aliphatic heterocycles. The second kappa shape index (κ2) is 13.6. The highest BCUT2D eigenvalue weighted by atomic mass is 31.2. The molecule has 0 unspecified atom stereocenters. The van der Waals surface area contributed by atoms with Crippen LogP contribution < -0.4 is 0 Å². The maximum absolute atomic E-state index is 14.1. The zero-order chi connectivity index (χ0) is 26.8. The van der Waals surface area contributed by atoms with Gasteiger partial charge in [0, 0.05) is 6.54 Å². The normalized spacial score (nSPS) is 12.7. The first kappa shape index (κ1) is 29.5. The molecule has 0 heterocycles. The summed E-state index contributed by atoms with van der Waals surface area (Å²) in [5, 5.41) is 1.69. The Morgan fingerprint density at radius 2 is 1.16 bits per heavy atom. The SMILES string of the molecule is CC(C)(C)[Si](C)(C)OCON(Cc1ccccc1)CP(=O)(OCc1ccccc1)OCc1ccccc1. The van der Waals surface area contributed by atoms with Gasteiger partial charge in [0.05, 0.1) is 13.2 Å². The maximum Gasteiger partial charge on any atom is 0.347 e. The second-order valence-electron chi connectivity index (χ2n) is 10.5. The van der Waals surface area contributed by atoms with Crippen molar-refractivity contribution in [2.24, 2.45) is 0 Å². The first-order chi connectivity index (χ1) is 17.6. The van der Waals surface area contributed by atoms with Crippen LogP contribution in [0.15, 0.2) is 91.0 Å². The van der Waals surface area contributed by atoms with Crippen LogP contribution >= 0.6 is 7.60 Å². The molecule has 0 fully saturated rings. The lowest BCUT2D eigenvalue weighted by Crippen LogP contribution is -2.42. The largest absolute Gasteiger partial charge is 0.393 e. The quantitative estimate of drug-likeness (QED) is 0.0892. The fraction of sp³-hybridized carbons (Fsp3) is 0.379. The third-order valence-corrected chi connectivity index (χ3v) is 12.7. The van der Waals surface area contributed by atoms with E-state index < -0.39 is 15.9 Å². The molecule has 0 atom stereocenters. The first-order valence-corrected chi connectivity index (χ1v) is 17.2. The van der Waals surface area contributed by atoms with Crippen molar-refractivity contribution in [1.82, 2.24) is 5.06 Å². The van der Waals surface area contributed by atoms with Crippen LogP contribution in [0.1, 0.15) is 37.5 Å². The van der Waals surface area contributed by atoms with Gasteiger partial charge >= 0.3 is 7.60 Å². The number of hydrogen-bond acceptors (Lipinski definition) is 6. The minimum absolute atomic E-state index is 0.0393. The summed E-state index contributed by atoms with van der Waals surface area (Å²) in [4.78, 5) is 6.09. The molecule has 6 nitrogen and oxygen atoms in total. The molecule has 0 saturated carbocycles. The number of hydrogen-bond donors (Lipinski definition) is 0. The Morgan fingerprint density at radius 1 is 0.730 bits per heavy atom. The summed E-state index contributed by atoms with van der Waals surface area (Å²) in [5.74, 6) is 0. The lowest BCUT2D eigenvalue weighted by atomic mass is 10.2. The van der Waals surface area contributed by atoms with Gasteiger partial charge in [0.25, 0.3) is 0 Å². The molecule has 3 aromatic rings. The standard InChI is InChI=1S/C29H40NO5PSi/c1-29(2,3)37(4,5)35-25-32-30(21-26-15-9-6-10-16-26)24-36(31,33-22-27-17-11-7-12-18-27)34-23-28-19-13-8-14-20-28/h6-20H,21-25H2,1-5H3. The minimum atomic E-state index is -3.60. The summed E-state index contributed by atoms with van der Waals surface area (Å²) in [7, 11) is -5.62. The predicted octanol–water partition coefficient (Wildman–Crippen LogP) is 7.98. The zero-order valence-corrected chi connectivity index (χ0v) is 24.5. The van der Waals surface area contributed by atoms with Gasteiger partial charge in [-0.1, -0.05) is 112 Å². The molecule has 3 aromatic carbocycles. The Bertz CT molecular complexity index is 1060. The van der Waals surface area contributed by atoms with Crippen LogP contribution in [0.2, 0.25) is 18.1 Å². The Hall–Kier alpha value is -2.09. The molecule has 37 heavy (non-hydrogen) atoms.